The van der Waals surface area contributed by atoms with Crippen LogP contribution in [-0.4, -0.2) is 40.5 Å². The number of nitrogens with one attached hydrogen (secondary N) is 1. The lowest BCUT2D eigenvalue weighted by atomic mass is 10.3. The van der Waals surface area contributed by atoms with E-state index in [9.17, 15) is 9.59 Å². The van der Waals surface area contributed by atoms with Gasteiger partial charge < -0.3 is 14.8 Å². The van der Waals surface area contributed by atoms with Gasteiger partial charge in [-0.25, -0.2) is 4.68 Å². The first-order chi connectivity index (χ1) is 14.5. The molecule has 30 heavy (non-hydrogen) atoms. The van der Waals surface area contributed by atoms with Crippen molar-refractivity contribution >= 4 is 23.4 Å². The number of rotatable bonds is 9. The third kappa shape index (κ3) is 5.07. The van der Waals surface area contributed by atoms with Crippen molar-refractivity contribution < 1.29 is 14.3 Å². The molecule has 0 aliphatic carbocycles. The summed E-state index contributed by atoms with van der Waals surface area (Å²) in [5.41, 5.74) is 1.51. The number of anilines is 1. The van der Waals surface area contributed by atoms with Gasteiger partial charge in [-0.15, -0.1) is 11.8 Å². The summed E-state index contributed by atoms with van der Waals surface area (Å²) in [4.78, 5) is 25.2. The Balaban J connectivity index is 1.51. The van der Waals surface area contributed by atoms with Gasteiger partial charge in [0.2, 0.25) is 5.91 Å². The van der Waals surface area contributed by atoms with E-state index in [1.54, 1.807) is 23.5 Å². The van der Waals surface area contributed by atoms with E-state index in [1.165, 1.54) is 11.8 Å². The first-order valence-corrected chi connectivity index (χ1v) is 10.6. The number of thioether (sulfide) groups is 1. The van der Waals surface area contributed by atoms with Crippen LogP contribution in [0.15, 0.2) is 59.4 Å². The Morgan fingerprint density at radius 2 is 1.73 bits per heavy atom. The van der Waals surface area contributed by atoms with E-state index in [-0.39, 0.29) is 17.2 Å². The molecule has 0 atom stereocenters. The second-order valence-corrected chi connectivity index (χ2v) is 7.67. The number of benzene rings is 2. The Morgan fingerprint density at radius 1 is 1.07 bits per heavy atom. The molecule has 158 valence electrons. The molecule has 1 amide bonds. The average molecular weight is 428 g/mol. The van der Waals surface area contributed by atoms with Crippen LogP contribution in [0.4, 0.5) is 5.69 Å². The first-order valence-electron chi connectivity index (χ1n) is 9.49. The second-order valence-electron chi connectivity index (χ2n) is 6.56. The zero-order valence-electron chi connectivity index (χ0n) is 17.3. The van der Waals surface area contributed by atoms with Crippen molar-refractivity contribution in [1.82, 2.24) is 9.36 Å². The number of carbonyl (C=O) groups is 1. The summed E-state index contributed by atoms with van der Waals surface area (Å²) >= 11 is 1.45. The first kappa shape index (κ1) is 21.6. The molecule has 0 bridgehead atoms. The molecule has 3 aromatic rings. The normalized spacial score (nSPS) is 10.6. The molecule has 0 radical (unpaired) electrons. The second kappa shape index (κ2) is 10.1. The molecule has 0 aliphatic rings. The van der Waals surface area contributed by atoms with Crippen LogP contribution in [0.5, 0.6) is 11.5 Å². The summed E-state index contributed by atoms with van der Waals surface area (Å²) in [5.74, 6) is 2.21. The lowest BCUT2D eigenvalue weighted by molar-refractivity contribution is -0.113. The van der Waals surface area contributed by atoms with Gasteiger partial charge in [-0.3, -0.25) is 14.3 Å². The maximum absolute atomic E-state index is 12.8. The molecule has 8 heteroatoms. The largest absolute Gasteiger partial charge is 0.497 e. The monoisotopic (exact) mass is 427 g/mol. The van der Waals surface area contributed by atoms with Crippen LogP contribution >= 0.6 is 11.8 Å². The van der Waals surface area contributed by atoms with Crippen LogP contribution in [0.3, 0.4) is 0 Å². The van der Waals surface area contributed by atoms with Crippen molar-refractivity contribution in [3.05, 3.63) is 70.6 Å². The molecule has 0 fully saturated rings. The molecule has 0 aliphatic heterocycles. The average Bonchev–Trinajstić information content (AvgIpc) is 2.97. The van der Waals surface area contributed by atoms with Gasteiger partial charge in [0, 0.05) is 12.8 Å². The van der Waals surface area contributed by atoms with E-state index >= 15 is 0 Å². The molecular formula is C22H25N3O4S. The highest BCUT2D eigenvalue weighted by molar-refractivity contribution is 7.99. The van der Waals surface area contributed by atoms with E-state index < -0.39 is 0 Å². The van der Waals surface area contributed by atoms with Crippen molar-refractivity contribution in [2.45, 2.75) is 6.92 Å². The minimum Gasteiger partial charge on any atom is -0.497 e. The Kier molecular flexibility index (Phi) is 7.24. The number of hydrogen-bond acceptors (Lipinski definition) is 5. The summed E-state index contributed by atoms with van der Waals surface area (Å²) < 4.78 is 14.0. The zero-order valence-corrected chi connectivity index (χ0v) is 18.1. The van der Waals surface area contributed by atoms with Crippen LogP contribution < -0.4 is 20.3 Å². The van der Waals surface area contributed by atoms with Crippen molar-refractivity contribution in [3.8, 4) is 17.2 Å². The van der Waals surface area contributed by atoms with E-state index in [2.05, 4.69) is 5.32 Å². The van der Waals surface area contributed by atoms with E-state index in [0.717, 1.165) is 17.2 Å². The van der Waals surface area contributed by atoms with Gasteiger partial charge in [-0.2, -0.15) is 0 Å². The Morgan fingerprint density at radius 3 is 2.40 bits per heavy atom. The number of hydrogen-bond donors (Lipinski definition) is 1. The maximum Gasteiger partial charge on any atom is 0.295 e. The standard InChI is InChI=1S/C22H25N3O4S/c1-16-21(22(27)25(24(16)2)17-7-5-4-6-8-17)23-20(26)15-30-14-13-29-19-11-9-18(28-3)10-12-19/h4-12H,13-15H2,1-3H3,(H,23,26). The van der Waals surface area contributed by atoms with Crippen molar-refractivity contribution in [2.24, 2.45) is 7.05 Å². The van der Waals surface area contributed by atoms with Gasteiger partial charge in [0.1, 0.15) is 17.2 Å². The smallest absolute Gasteiger partial charge is 0.295 e. The number of amides is 1. The maximum atomic E-state index is 12.8. The number of methoxy groups -OCH3 is 1. The quantitative estimate of drug-likeness (QED) is 0.531. The van der Waals surface area contributed by atoms with Gasteiger partial charge in [-0.1, -0.05) is 18.2 Å². The fourth-order valence-electron chi connectivity index (χ4n) is 2.94. The van der Waals surface area contributed by atoms with Crippen LogP contribution in [0.2, 0.25) is 0 Å². The lowest BCUT2D eigenvalue weighted by Crippen LogP contribution is -2.23. The van der Waals surface area contributed by atoms with Crippen LogP contribution in [0, 0.1) is 6.92 Å². The molecule has 1 N–H and O–H groups in total. The number of nitrogens with zero attached hydrogens (tertiary/aromatic N) is 2. The van der Waals surface area contributed by atoms with Gasteiger partial charge in [0.25, 0.3) is 5.56 Å². The lowest BCUT2D eigenvalue weighted by Gasteiger charge is -2.07. The van der Waals surface area contributed by atoms with Crippen LogP contribution in [0.25, 0.3) is 5.69 Å². The molecule has 0 spiro atoms. The van der Waals surface area contributed by atoms with Gasteiger partial charge >= 0.3 is 0 Å². The van der Waals surface area contributed by atoms with E-state index in [4.69, 9.17) is 9.47 Å². The summed E-state index contributed by atoms with van der Waals surface area (Å²) in [6.07, 6.45) is 0. The minimum atomic E-state index is -0.248. The predicted molar refractivity (Wildman–Crippen MR) is 120 cm³/mol. The van der Waals surface area contributed by atoms with E-state index in [0.29, 0.717) is 23.7 Å². The third-order valence-corrected chi connectivity index (χ3v) is 5.53. The van der Waals surface area contributed by atoms with Gasteiger partial charge in [-0.05, 0) is 43.3 Å². The molecule has 3 rings (SSSR count). The Labute approximate surface area is 179 Å². The highest BCUT2D eigenvalue weighted by Gasteiger charge is 2.17. The summed E-state index contributed by atoms with van der Waals surface area (Å²) in [7, 11) is 3.41. The molecule has 1 aromatic heterocycles. The molecule has 7 nitrogen and oxygen atoms in total. The third-order valence-electron chi connectivity index (χ3n) is 4.61. The number of ether oxygens (including phenoxy) is 2. The zero-order chi connectivity index (χ0) is 21.5. The fourth-order valence-corrected chi connectivity index (χ4v) is 3.55. The topological polar surface area (TPSA) is 74.5 Å². The number of carbonyl (C=O) groups excluding carboxylic acids is 1. The SMILES string of the molecule is COc1ccc(OCCSCC(=O)Nc2c(C)n(C)n(-c3ccccc3)c2=O)cc1. The highest BCUT2D eigenvalue weighted by Crippen LogP contribution is 2.17. The molecule has 2 aromatic carbocycles. The summed E-state index contributed by atoms with van der Waals surface area (Å²) in [5, 5.41) is 2.76. The minimum absolute atomic E-state index is 0.213. The van der Waals surface area contributed by atoms with Crippen LogP contribution in [0.1, 0.15) is 5.69 Å². The number of aromatic nitrogens is 2. The highest BCUT2D eigenvalue weighted by atomic mass is 32.2. The number of para-hydroxylation sites is 1. The van der Waals surface area contributed by atoms with Crippen molar-refractivity contribution in [3.63, 3.8) is 0 Å². The van der Waals surface area contributed by atoms with Crippen molar-refractivity contribution in [2.75, 3.05) is 30.5 Å². The molecule has 0 saturated heterocycles. The fraction of sp³-hybridized carbons (Fsp3) is 0.273. The van der Waals surface area contributed by atoms with Gasteiger partial charge in [0.15, 0.2) is 0 Å². The van der Waals surface area contributed by atoms with Crippen molar-refractivity contribution in [1.29, 1.82) is 0 Å². The van der Waals surface area contributed by atoms with Crippen LogP contribution in [-0.2, 0) is 11.8 Å². The molecular weight excluding hydrogens is 402 g/mol. The predicted octanol–water partition coefficient (Wildman–Crippen LogP) is 3.24. The summed E-state index contributed by atoms with van der Waals surface area (Å²) in [6.45, 7) is 2.29. The molecule has 1 heterocycles. The molecule has 0 unspecified atom stereocenters. The van der Waals surface area contributed by atoms with E-state index in [1.807, 2.05) is 61.5 Å². The summed E-state index contributed by atoms with van der Waals surface area (Å²) in [6, 6.07) is 16.7. The Hall–Kier alpha value is -3.13. The Bertz CT molecular complexity index is 1040. The van der Waals surface area contributed by atoms with Gasteiger partial charge in [0.05, 0.1) is 30.9 Å². The molecule has 0 saturated carbocycles.